The van der Waals surface area contributed by atoms with Gasteiger partial charge >= 0.3 is 0 Å². The minimum absolute atomic E-state index is 0.110. The van der Waals surface area contributed by atoms with Gasteiger partial charge in [0.25, 0.3) is 0 Å². The highest BCUT2D eigenvalue weighted by Crippen LogP contribution is 2.26. The summed E-state index contributed by atoms with van der Waals surface area (Å²) in [4.78, 5) is 4.45. The number of ether oxygens (including phenoxy) is 1. The summed E-state index contributed by atoms with van der Waals surface area (Å²) in [6, 6.07) is 2.07. The average Bonchev–Trinajstić information content (AvgIpc) is 3.27. The van der Waals surface area contributed by atoms with E-state index in [0.717, 1.165) is 47.3 Å². The zero-order chi connectivity index (χ0) is 15.6. The molecular weight excluding hydrogens is 330 g/mol. The Balaban J connectivity index is 1.36. The van der Waals surface area contributed by atoms with Crippen molar-refractivity contribution in [3.05, 3.63) is 38.6 Å². The van der Waals surface area contributed by atoms with Gasteiger partial charge in [-0.3, -0.25) is 0 Å². The Morgan fingerprint density at radius 1 is 1.43 bits per heavy atom. The minimum atomic E-state index is 0.110. The molecule has 0 radical (unpaired) electrons. The van der Waals surface area contributed by atoms with Crippen molar-refractivity contribution in [2.24, 2.45) is 0 Å². The number of aromatic nitrogens is 4. The molecule has 0 bridgehead atoms. The number of thiazole rings is 1. The van der Waals surface area contributed by atoms with E-state index < -0.39 is 0 Å². The van der Waals surface area contributed by atoms with Crippen LogP contribution in [-0.4, -0.2) is 32.6 Å². The van der Waals surface area contributed by atoms with Crippen molar-refractivity contribution in [1.82, 2.24) is 25.3 Å². The number of nitrogens with one attached hydrogen (secondary N) is 1. The van der Waals surface area contributed by atoms with E-state index in [9.17, 15) is 0 Å². The lowest BCUT2D eigenvalue weighted by molar-refractivity contribution is 0.00122. The van der Waals surface area contributed by atoms with E-state index in [4.69, 9.17) is 4.74 Å². The first kappa shape index (κ1) is 14.9. The Morgan fingerprint density at radius 2 is 2.39 bits per heavy atom. The predicted molar refractivity (Wildman–Crippen MR) is 90.5 cm³/mol. The molecule has 23 heavy (non-hydrogen) atoms. The van der Waals surface area contributed by atoms with Crippen LogP contribution < -0.4 is 5.32 Å². The smallest absolute Gasteiger partial charge is 0.119 e. The second-order valence-corrected chi connectivity index (χ2v) is 7.34. The molecule has 0 saturated heterocycles. The fourth-order valence-corrected chi connectivity index (χ4v) is 3.92. The summed E-state index contributed by atoms with van der Waals surface area (Å²) in [5, 5.41) is 19.3. The van der Waals surface area contributed by atoms with E-state index in [1.54, 1.807) is 22.7 Å². The molecule has 0 aromatic carbocycles. The molecule has 4 rings (SSSR count). The van der Waals surface area contributed by atoms with Crippen molar-refractivity contribution in [3.8, 4) is 11.3 Å². The van der Waals surface area contributed by atoms with Crippen LogP contribution in [0.2, 0.25) is 0 Å². The Labute approximate surface area is 142 Å². The van der Waals surface area contributed by atoms with Gasteiger partial charge in [-0.2, -0.15) is 11.3 Å². The molecule has 120 valence electrons. The molecule has 3 aromatic heterocycles. The zero-order valence-corrected chi connectivity index (χ0v) is 14.4. The number of hydrogen-bond donors (Lipinski definition) is 1. The third-order valence-corrected chi connectivity index (χ3v) is 5.31. The summed E-state index contributed by atoms with van der Waals surface area (Å²) < 4.78 is 7.93. The van der Waals surface area contributed by atoms with E-state index in [2.05, 4.69) is 42.8 Å². The number of hydrogen-bond acceptors (Lipinski definition) is 7. The van der Waals surface area contributed by atoms with Crippen LogP contribution in [0.25, 0.3) is 11.3 Å². The first-order chi connectivity index (χ1) is 11.3. The highest BCUT2D eigenvalue weighted by Gasteiger charge is 2.24. The molecule has 1 N–H and O–H groups in total. The first-order valence-electron chi connectivity index (χ1n) is 7.48. The maximum atomic E-state index is 5.97. The SMILES string of the molecule is Cc1nc(CNC[C@H]2Cn3nnc(-c4ccsc4)c3CO2)cs1. The summed E-state index contributed by atoms with van der Waals surface area (Å²) in [5.74, 6) is 0. The summed E-state index contributed by atoms with van der Waals surface area (Å²) in [6.45, 7) is 4.86. The molecule has 0 aliphatic carbocycles. The molecule has 0 fully saturated rings. The van der Waals surface area contributed by atoms with E-state index in [-0.39, 0.29) is 6.10 Å². The van der Waals surface area contributed by atoms with Crippen LogP contribution in [0.3, 0.4) is 0 Å². The standard InChI is InChI=1S/C15H17N5OS2/c1-10-17-12(9-23-10)4-16-5-13-6-20-14(7-21-13)15(18-19-20)11-2-3-22-8-11/h2-3,8-9,13,16H,4-7H2,1H3/t13-/m0/s1. The summed E-state index contributed by atoms with van der Waals surface area (Å²) in [5.41, 5.74) is 4.21. The maximum Gasteiger partial charge on any atom is 0.119 e. The average molecular weight is 347 g/mol. The second kappa shape index (κ2) is 6.48. The van der Waals surface area contributed by atoms with Gasteiger partial charge in [0.05, 0.1) is 35.7 Å². The molecule has 0 spiro atoms. The minimum Gasteiger partial charge on any atom is -0.369 e. The van der Waals surface area contributed by atoms with Crippen LogP contribution >= 0.6 is 22.7 Å². The normalized spacial score (nSPS) is 17.3. The van der Waals surface area contributed by atoms with Crippen LogP contribution in [0.1, 0.15) is 16.4 Å². The van der Waals surface area contributed by atoms with Gasteiger partial charge in [-0.05, 0) is 18.4 Å². The lowest BCUT2D eigenvalue weighted by atomic mass is 10.2. The largest absolute Gasteiger partial charge is 0.369 e. The molecule has 8 heteroatoms. The molecule has 1 atom stereocenters. The van der Waals surface area contributed by atoms with Gasteiger partial charge in [0.15, 0.2) is 0 Å². The van der Waals surface area contributed by atoms with E-state index >= 15 is 0 Å². The third-order valence-electron chi connectivity index (χ3n) is 3.81. The number of thiophene rings is 1. The third kappa shape index (κ3) is 3.20. The topological polar surface area (TPSA) is 64.9 Å². The highest BCUT2D eigenvalue weighted by atomic mass is 32.1. The maximum absolute atomic E-state index is 5.97. The molecule has 4 heterocycles. The second-order valence-electron chi connectivity index (χ2n) is 5.50. The fraction of sp³-hybridized carbons (Fsp3) is 0.400. The summed E-state index contributed by atoms with van der Waals surface area (Å²) in [6.07, 6.45) is 0.110. The van der Waals surface area contributed by atoms with Gasteiger partial charge in [-0.25, -0.2) is 9.67 Å². The molecule has 1 aliphatic heterocycles. The predicted octanol–water partition coefficient (Wildman–Crippen LogP) is 2.46. The number of nitrogens with zero attached hydrogens (tertiary/aromatic N) is 4. The van der Waals surface area contributed by atoms with Crippen LogP contribution in [0.4, 0.5) is 0 Å². The monoisotopic (exact) mass is 347 g/mol. The zero-order valence-electron chi connectivity index (χ0n) is 12.7. The number of fused-ring (bicyclic) bond motifs is 1. The van der Waals surface area contributed by atoms with Crippen LogP contribution in [0.5, 0.6) is 0 Å². The van der Waals surface area contributed by atoms with Gasteiger partial charge in [-0.15, -0.1) is 16.4 Å². The first-order valence-corrected chi connectivity index (χ1v) is 9.30. The van der Waals surface area contributed by atoms with Gasteiger partial charge in [0, 0.05) is 29.4 Å². The Kier molecular flexibility index (Phi) is 4.21. The molecule has 6 nitrogen and oxygen atoms in total. The van der Waals surface area contributed by atoms with Crippen molar-refractivity contribution in [2.45, 2.75) is 32.7 Å². The van der Waals surface area contributed by atoms with Crippen molar-refractivity contribution in [1.29, 1.82) is 0 Å². The molecule has 1 aliphatic rings. The van der Waals surface area contributed by atoms with Crippen molar-refractivity contribution >= 4 is 22.7 Å². The fourth-order valence-electron chi connectivity index (χ4n) is 2.66. The van der Waals surface area contributed by atoms with E-state index in [1.165, 1.54) is 0 Å². The van der Waals surface area contributed by atoms with Crippen molar-refractivity contribution in [2.75, 3.05) is 6.54 Å². The lowest BCUT2D eigenvalue weighted by Crippen LogP contribution is -2.36. The van der Waals surface area contributed by atoms with Gasteiger partial charge in [-0.1, -0.05) is 5.21 Å². The number of rotatable bonds is 5. The van der Waals surface area contributed by atoms with Gasteiger partial charge < -0.3 is 10.1 Å². The van der Waals surface area contributed by atoms with E-state index in [0.29, 0.717) is 6.61 Å². The van der Waals surface area contributed by atoms with Gasteiger partial charge in [0.1, 0.15) is 5.69 Å². The molecular formula is C15H17N5OS2. The molecule has 0 amide bonds. The highest BCUT2D eigenvalue weighted by molar-refractivity contribution is 7.09. The van der Waals surface area contributed by atoms with Gasteiger partial charge in [0.2, 0.25) is 0 Å². The Hall–Kier alpha value is -1.61. The molecule has 0 unspecified atom stereocenters. The van der Waals surface area contributed by atoms with Crippen LogP contribution in [-0.2, 0) is 24.4 Å². The van der Waals surface area contributed by atoms with Crippen LogP contribution in [0.15, 0.2) is 22.2 Å². The molecule has 3 aromatic rings. The van der Waals surface area contributed by atoms with Crippen LogP contribution in [0, 0.1) is 6.92 Å². The molecule has 0 saturated carbocycles. The lowest BCUT2D eigenvalue weighted by Gasteiger charge is -2.24. The van der Waals surface area contributed by atoms with Crippen molar-refractivity contribution < 1.29 is 4.74 Å². The number of aryl methyl sites for hydroxylation is 1. The Morgan fingerprint density at radius 3 is 3.17 bits per heavy atom. The quantitative estimate of drug-likeness (QED) is 0.768. The Bertz CT molecular complexity index is 780. The van der Waals surface area contributed by atoms with E-state index in [1.807, 2.05) is 11.6 Å². The summed E-state index contributed by atoms with van der Waals surface area (Å²) in [7, 11) is 0. The van der Waals surface area contributed by atoms with Crippen molar-refractivity contribution in [3.63, 3.8) is 0 Å². The summed E-state index contributed by atoms with van der Waals surface area (Å²) >= 11 is 3.35.